The zero-order chi connectivity index (χ0) is 22.1. The summed E-state index contributed by atoms with van der Waals surface area (Å²) in [5, 5.41) is 1.92. The lowest BCUT2D eigenvalue weighted by atomic mass is 10.2. The van der Waals surface area contributed by atoms with Crippen LogP contribution in [0.1, 0.15) is 26.7 Å². The van der Waals surface area contributed by atoms with E-state index >= 15 is 0 Å². The average Bonchev–Trinajstić information content (AvgIpc) is 2.53. The first-order valence-corrected chi connectivity index (χ1v) is 9.21. The minimum atomic E-state index is -5.81. The molecule has 13 heteroatoms. The lowest BCUT2D eigenvalue weighted by molar-refractivity contribution is -0.154. The maximum Gasteiger partial charge on any atom is 0.516 e. The fourth-order valence-corrected chi connectivity index (χ4v) is 1.90. The molecule has 0 aromatic rings. The zero-order valence-corrected chi connectivity index (χ0v) is 16.0. The summed E-state index contributed by atoms with van der Waals surface area (Å²) in [5.41, 5.74) is -5.42. The van der Waals surface area contributed by atoms with Crippen molar-refractivity contribution >= 4 is 28.0 Å². The van der Waals surface area contributed by atoms with E-state index in [4.69, 9.17) is 9.47 Å². The van der Waals surface area contributed by atoms with Gasteiger partial charge in [-0.2, -0.15) is 21.6 Å². The summed E-state index contributed by atoms with van der Waals surface area (Å²) in [7, 11) is -5.81. The minimum absolute atomic E-state index is 0.0504. The molecule has 28 heavy (non-hydrogen) atoms. The Bertz CT molecular complexity index is 732. The first-order valence-electron chi connectivity index (χ1n) is 7.73. The molecule has 0 rings (SSSR count). The highest BCUT2D eigenvalue weighted by atomic mass is 32.2. The first-order chi connectivity index (χ1) is 12.7. The number of urea groups is 1. The van der Waals surface area contributed by atoms with Crippen LogP contribution < -0.4 is 10.0 Å². The molecule has 0 aromatic carbocycles. The molecule has 0 saturated heterocycles. The number of halogens is 3. The van der Waals surface area contributed by atoms with E-state index in [-0.39, 0.29) is 37.1 Å². The number of esters is 2. The Kier molecular flexibility index (Phi) is 9.70. The van der Waals surface area contributed by atoms with Crippen LogP contribution in [0.15, 0.2) is 24.3 Å². The topological polar surface area (TPSA) is 128 Å². The van der Waals surface area contributed by atoms with Crippen molar-refractivity contribution in [3.63, 3.8) is 0 Å². The molecule has 0 aliphatic rings. The molecule has 160 valence electrons. The number of ether oxygens (including phenoxy) is 2. The van der Waals surface area contributed by atoms with Crippen molar-refractivity contribution in [1.29, 1.82) is 0 Å². The summed E-state index contributed by atoms with van der Waals surface area (Å²) in [6.45, 7) is 9.02. The van der Waals surface area contributed by atoms with E-state index in [0.717, 1.165) is 4.72 Å². The van der Waals surface area contributed by atoms with Gasteiger partial charge in [0, 0.05) is 17.7 Å². The SMILES string of the molecule is C=C(C)C(=O)OCC(CCCNC(=O)NS(=O)(=O)C(F)(F)F)OC(=O)C(=C)C. The molecular weight excluding hydrogens is 409 g/mol. The van der Waals surface area contributed by atoms with Crippen LogP contribution in [0.2, 0.25) is 0 Å². The summed E-state index contributed by atoms with van der Waals surface area (Å²) in [6, 6.07) is -1.57. The monoisotopic (exact) mass is 430 g/mol. The molecule has 0 saturated carbocycles. The number of sulfonamides is 1. The van der Waals surface area contributed by atoms with Crippen LogP contribution in [0.25, 0.3) is 0 Å². The van der Waals surface area contributed by atoms with Crippen molar-refractivity contribution < 1.29 is 45.4 Å². The molecule has 0 spiro atoms. The molecule has 9 nitrogen and oxygen atoms in total. The molecule has 1 atom stereocenters. The normalized spacial score (nSPS) is 12.5. The van der Waals surface area contributed by atoms with Crippen molar-refractivity contribution in [2.45, 2.75) is 38.3 Å². The van der Waals surface area contributed by atoms with Gasteiger partial charge in [-0.25, -0.2) is 19.1 Å². The minimum Gasteiger partial charge on any atom is -0.458 e. The molecule has 1 unspecified atom stereocenters. The summed E-state index contributed by atoms with van der Waals surface area (Å²) in [6.07, 6.45) is -0.802. The third-order valence-electron chi connectivity index (χ3n) is 2.89. The largest absolute Gasteiger partial charge is 0.516 e. The van der Waals surface area contributed by atoms with Crippen LogP contribution in [-0.4, -0.2) is 51.2 Å². The quantitative estimate of drug-likeness (QED) is 0.306. The number of nitrogens with one attached hydrogen (secondary N) is 2. The fraction of sp³-hybridized carbons (Fsp3) is 0.533. The van der Waals surface area contributed by atoms with E-state index in [0.29, 0.717) is 0 Å². The number of carbonyl (C=O) groups excluding carboxylic acids is 3. The summed E-state index contributed by atoms with van der Waals surface area (Å²) in [4.78, 5) is 34.2. The van der Waals surface area contributed by atoms with E-state index in [2.05, 4.69) is 13.2 Å². The highest BCUT2D eigenvalue weighted by Crippen LogP contribution is 2.21. The molecule has 2 amide bonds. The third kappa shape index (κ3) is 9.39. The van der Waals surface area contributed by atoms with Crippen LogP contribution >= 0.6 is 0 Å². The van der Waals surface area contributed by atoms with Crippen molar-refractivity contribution in [1.82, 2.24) is 10.0 Å². The Morgan fingerprint density at radius 2 is 1.61 bits per heavy atom. The van der Waals surface area contributed by atoms with Crippen LogP contribution in [0.4, 0.5) is 18.0 Å². The number of hydrogen-bond acceptors (Lipinski definition) is 7. The first kappa shape index (κ1) is 25.4. The van der Waals surface area contributed by atoms with Crippen molar-refractivity contribution in [3.8, 4) is 0 Å². The third-order valence-corrected chi connectivity index (χ3v) is 3.95. The van der Waals surface area contributed by atoms with E-state index in [1.165, 1.54) is 13.8 Å². The van der Waals surface area contributed by atoms with Gasteiger partial charge >= 0.3 is 33.5 Å². The molecule has 0 aromatic heterocycles. The molecule has 2 N–H and O–H groups in total. The number of alkyl halides is 3. The number of hydrogen-bond donors (Lipinski definition) is 2. The Morgan fingerprint density at radius 3 is 2.07 bits per heavy atom. The van der Waals surface area contributed by atoms with Gasteiger partial charge in [0.25, 0.3) is 0 Å². The van der Waals surface area contributed by atoms with Crippen LogP contribution in [0.5, 0.6) is 0 Å². The lowest BCUT2D eigenvalue weighted by Gasteiger charge is -2.18. The Labute approximate surface area is 160 Å². The van der Waals surface area contributed by atoms with E-state index < -0.39 is 39.6 Å². The number of carbonyl (C=O) groups is 3. The zero-order valence-electron chi connectivity index (χ0n) is 15.2. The van der Waals surface area contributed by atoms with Crippen LogP contribution in [0, 0.1) is 0 Å². The highest BCUT2D eigenvalue weighted by Gasteiger charge is 2.47. The molecule has 0 bridgehead atoms. The van der Waals surface area contributed by atoms with E-state index in [1.807, 2.05) is 5.32 Å². The van der Waals surface area contributed by atoms with Gasteiger partial charge in [0.2, 0.25) is 0 Å². The van der Waals surface area contributed by atoms with Gasteiger partial charge in [-0.15, -0.1) is 0 Å². The smallest absolute Gasteiger partial charge is 0.458 e. The second kappa shape index (κ2) is 10.7. The maximum absolute atomic E-state index is 12.1. The Hall–Kier alpha value is -2.57. The molecule has 0 heterocycles. The molecular formula is C15H21F3N2O7S. The van der Waals surface area contributed by atoms with Crippen LogP contribution in [-0.2, 0) is 29.1 Å². The van der Waals surface area contributed by atoms with Gasteiger partial charge < -0.3 is 14.8 Å². The fourth-order valence-electron chi connectivity index (χ4n) is 1.47. The van der Waals surface area contributed by atoms with Crippen molar-refractivity contribution in [2.75, 3.05) is 13.2 Å². The van der Waals surface area contributed by atoms with Gasteiger partial charge in [0.15, 0.2) is 0 Å². The predicted molar refractivity (Wildman–Crippen MR) is 91.2 cm³/mol. The van der Waals surface area contributed by atoms with Gasteiger partial charge in [-0.1, -0.05) is 13.2 Å². The highest BCUT2D eigenvalue weighted by molar-refractivity contribution is 7.90. The maximum atomic E-state index is 12.1. The van der Waals surface area contributed by atoms with E-state index in [1.54, 1.807) is 0 Å². The molecule has 0 radical (unpaired) electrons. The molecule has 0 aliphatic carbocycles. The number of rotatable bonds is 10. The predicted octanol–water partition coefficient (Wildman–Crippen LogP) is 1.52. The number of amides is 2. The van der Waals surface area contributed by atoms with Crippen LogP contribution in [0.3, 0.4) is 0 Å². The second-order valence-electron chi connectivity index (χ2n) is 5.64. The van der Waals surface area contributed by atoms with E-state index in [9.17, 15) is 36.0 Å². The Morgan fingerprint density at radius 1 is 1.07 bits per heavy atom. The lowest BCUT2D eigenvalue weighted by Crippen LogP contribution is -2.45. The molecule has 0 fully saturated rings. The summed E-state index contributed by atoms with van der Waals surface area (Å²) >= 11 is 0. The van der Waals surface area contributed by atoms with Gasteiger partial charge in [0.05, 0.1) is 0 Å². The van der Waals surface area contributed by atoms with Gasteiger partial charge in [-0.3, -0.25) is 0 Å². The summed E-state index contributed by atoms with van der Waals surface area (Å²) < 4.78 is 68.7. The second-order valence-corrected chi connectivity index (χ2v) is 7.31. The average molecular weight is 430 g/mol. The van der Waals surface area contributed by atoms with Crippen molar-refractivity contribution in [2.24, 2.45) is 0 Å². The van der Waals surface area contributed by atoms with Gasteiger partial charge in [0.1, 0.15) is 12.7 Å². The Balaban J connectivity index is 4.58. The van der Waals surface area contributed by atoms with Gasteiger partial charge in [-0.05, 0) is 26.7 Å². The standard InChI is InChI=1S/C15H21F3N2O7S/c1-9(2)12(21)26-8-11(27-13(22)10(3)4)6-5-7-19-14(23)20-28(24,25)15(16,17)18/h11H,1,3,5-8H2,2,4H3,(H2,19,20,23). The van der Waals surface area contributed by atoms with Crippen molar-refractivity contribution in [3.05, 3.63) is 24.3 Å². The molecule has 0 aliphatic heterocycles. The summed E-state index contributed by atoms with van der Waals surface area (Å²) in [5.74, 6) is -1.47.